The zero-order valence-electron chi connectivity index (χ0n) is 22.0. The Bertz CT molecular complexity index is 1940. The van der Waals surface area contributed by atoms with Crippen molar-refractivity contribution in [1.29, 1.82) is 0 Å². The maximum atomic E-state index is 14.1. The lowest BCUT2D eigenvalue weighted by atomic mass is 9.68. The predicted molar refractivity (Wildman–Crippen MR) is 161 cm³/mol. The van der Waals surface area contributed by atoms with Crippen LogP contribution in [0.15, 0.2) is 139 Å². The van der Waals surface area contributed by atoms with E-state index in [0.29, 0.717) is 0 Å². The summed E-state index contributed by atoms with van der Waals surface area (Å²) in [6.45, 7) is 0. The van der Waals surface area contributed by atoms with Gasteiger partial charge < -0.3 is 0 Å². The van der Waals surface area contributed by atoms with E-state index >= 15 is 0 Å². The van der Waals surface area contributed by atoms with Crippen LogP contribution in [-0.4, -0.2) is 5.78 Å². The molecule has 1 spiro atoms. The summed E-state index contributed by atoms with van der Waals surface area (Å²) in [4.78, 5) is 14.1. The highest BCUT2D eigenvalue weighted by Crippen LogP contribution is 2.65. The van der Waals surface area contributed by atoms with Crippen LogP contribution in [0.1, 0.15) is 56.1 Å². The largest absolute Gasteiger partial charge is 0.289 e. The van der Waals surface area contributed by atoms with E-state index in [1.54, 1.807) is 0 Å². The fraction of sp³-hybridized carbons (Fsp3) is 0.103. The third kappa shape index (κ3) is 2.70. The first-order valence-corrected chi connectivity index (χ1v) is 14.2. The van der Waals surface area contributed by atoms with E-state index in [-0.39, 0.29) is 17.1 Å². The lowest BCUT2D eigenvalue weighted by Crippen LogP contribution is -2.28. The second-order valence-corrected chi connectivity index (χ2v) is 11.5. The molecular weight excluding hydrogens is 484 g/mol. The molecule has 0 heterocycles. The average molecular weight is 511 g/mol. The summed E-state index contributed by atoms with van der Waals surface area (Å²) >= 11 is 0. The zero-order valence-corrected chi connectivity index (χ0v) is 22.0. The Labute approximate surface area is 234 Å². The number of ketones is 1. The summed E-state index contributed by atoms with van der Waals surface area (Å²) in [5, 5.41) is 0. The highest BCUT2D eigenvalue weighted by atomic mass is 16.1. The Hall–Kier alpha value is -4.75. The molecule has 9 rings (SSSR count). The van der Waals surface area contributed by atoms with Crippen LogP contribution in [0.2, 0.25) is 0 Å². The molecule has 1 atom stereocenters. The van der Waals surface area contributed by atoms with Crippen molar-refractivity contribution in [1.82, 2.24) is 0 Å². The normalized spacial score (nSPS) is 18.1. The molecule has 0 aromatic heterocycles. The minimum atomic E-state index is -0.367. The lowest BCUT2D eigenvalue weighted by molar-refractivity contribution is 0.103. The summed E-state index contributed by atoms with van der Waals surface area (Å²) in [6.07, 6.45) is 6.16. The first-order chi connectivity index (χ1) is 19.7. The van der Waals surface area contributed by atoms with Crippen molar-refractivity contribution in [2.75, 3.05) is 0 Å². The van der Waals surface area contributed by atoms with Crippen LogP contribution in [0.3, 0.4) is 0 Å². The number of hydrogen-bond acceptors (Lipinski definition) is 1. The second kappa shape index (κ2) is 7.90. The van der Waals surface area contributed by atoms with E-state index in [4.69, 9.17) is 0 Å². The number of carbonyl (C=O) groups is 1. The van der Waals surface area contributed by atoms with E-state index in [0.717, 1.165) is 24.0 Å². The first kappa shape index (κ1) is 22.1. The van der Waals surface area contributed by atoms with Gasteiger partial charge in [-0.05, 0) is 86.2 Å². The number of fused-ring (bicyclic) bond motifs is 13. The molecule has 5 aromatic carbocycles. The van der Waals surface area contributed by atoms with Gasteiger partial charge in [0.1, 0.15) is 0 Å². The molecule has 4 aliphatic rings. The predicted octanol–water partition coefficient (Wildman–Crippen LogP) is 8.81. The lowest BCUT2D eigenvalue weighted by Gasteiger charge is -2.33. The van der Waals surface area contributed by atoms with E-state index < -0.39 is 0 Å². The number of benzene rings is 5. The zero-order chi connectivity index (χ0) is 26.4. The molecule has 5 aromatic rings. The Balaban J connectivity index is 1.21. The SMILES string of the molecule is O=C(C1=CCC2C(=C1)C1(c3ccccc3-c3ccccc31)c1ccccc12)c1ccc2c(c1)Cc1ccccc1-2. The summed E-state index contributed by atoms with van der Waals surface area (Å²) < 4.78 is 0. The van der Waals surface area contributed by atoms with Crippen LogP contribution < -0.4 is 0 Å². The molecular formula is C39H26O. The van der Waals surface area contributed by atoms with Gasteiger partial charge in [-0.1, -0.05) is 115 Å². The number of Topliss-reactive ketones (excluding diaryl/α,β-unsaturated/α-hetero) is 1. The smallest absolute Gasteiger partial charge is 0.192 e. The minimum absolute atomic E-state index is 0.121. The van der Waals surface area contributed by atoms with E-state index in [1.807, 2.05) is 6.07 Å². The van der Waals surface area contributed by atoms with Crippen molar-refractivity contribution in [3.05, 3.63) is 178 Å². The Kier molecular flexibility index (Phi) is 4.36. The monoisotopic (exact) mass is 510 g/mol. The second-order valence-electron chi connectivity index (χ2n) is 11.5. The van der Waals surface area contributed by atoms with Gasteiger partial charge in [-0.15, -0.1) is 0 Å². The number of carbonyl (C=O) groups excluding carboxylic acids is 1. The third-order valence-electron chi connectivity index (χ3n) is 9.70. The van der Waals surface area contributed by atoms with Gasteiger partial charge in [-0.2, -0.15) is 0 Å². The minimum Gasteiger partial charge on any atom is -0.289 e. The fourth-order valence-electron chi connectivity index (χ4n) is 8.11. The molecule has 0 bridgehead atoms. The van der Waals surface area contributed by atoms with Crippen molar-refractivity contribution < 1.29 is 4.79 Å². The molecule has 0 saturated carbocycles. The number of allylic oxidation sites excluding steroid dienone is 4. The Morgan fingerprint density at radius 1 is 0.625 bits per heavy atom. The number of hydrogen-bond donors (Lipinski definition) is 0. The summed E-state index contributed by atoms with van der Waals surface area (Å²) in [7, 11) is 0. The molecule has 40 heavy (non-hydrogen) atoms. The van der Waals surface area contributed by atoms with Crippen LogP contribution in [0, 0.1) is 0 Å². The summed E-state index contributed by atoms with van der Waals surface area (Å²) in [5.74, 6) is 0.386. The van der Waals surface area contributed by atoms with E-state index in [1.165, 1.54) is 61.2 Å². The molecule has 1 unspecified atom stereocenters. The van der Waals surface area contributed by atoms with Crippen molar-refractivity contribution in [3.63, 3.8) is 0 Å². The molecule has 4 aliphatic carbocycles. The standard InChI is InChI=1S/C39H26O/c40-38(25-17-19-29-27(22-25)21-24-9-1-2-10-28(24)29)26-18-20-33-32-13-5-8-16-36(32)39(37(33)23-26)34-14-6-3-11-30(34)31-12-4-7-15-35(31)39/h1-19,22-23,33H,20-21H2. The van der Waals surface area contributed by atoms with Gasteiger partial charge in [0.15, 0.2) is 5.78 Å². The maximum absolute atomic E-state index is 14.1. The average Bonchev–Trinajstić information content (AvgIpc) is 3.64. The van der Waals surface area contributed by atoms with Crippen molar-refractivity contribution in [2.24, 2.45) is 0 Å². The molecule has 1 nitrogen and oxygen atoms in total. The molecule has 0 radical (unpaired) electrons. The van der Waals surface area contributed by atoms with E-state index in [2.05, 4.69) is 121 Å². The third-order valence-corrected chi connectivity index (χ3v) is 9.70. The van der Waals surface area contributed by atoms with Crippen LogP contribution in [-0.2, 0) is 11.8 Å². The summed E-state index contributed by atoms with van der Waals surface area (Å²) in [5.41, 5.74) is 15.7. The van der Waals surface area contributed by atoms with Crippen LogP contribution in [0.5, 0.6) is 0 Å². The first-order valence-electron chi connectivity index (χ1n) is 14.2. The van der Waals surface area contributed by atoms with Crippen LogP contribution in [0.4, 0.5) is 0 Å². The van der Waals surface area contributed by atoms with Gasteiger partial charge in [-0.3, -0.25) is 4.79 Å². The molecule has 0 aliphatic heterocycles. The van der Waals surface area contributed by atoms with Crippen molar-refractivity contribution >= 4 is 5.78 Å². The quantitative estimate of drug-likeness (QED) is 0.213. The maximum Gasteiger partial charge on any atom is 0.192 e. The van der Waals surface area contributed by atoms with Crippen LogP contribution in [0.25, 0.3) is 22.3 Å². The molecule has 0 amide bonds. The van der Waals surface area contributed by atoms with Gasteiger partial charge >= 0.3 is 0 Å². The molecule has 188 valence electrons. The van der Waals surface area contributed by atoms with Gasteiger partial charge in [-0.25, -0.2) is 0 Å². The molecule has 1 heteroatoms. The van der Waals surface area contributed by atoms with Gasteiger partial charge in [0.05, 0.1) is 5.41 Å². The van der Waals surface area contributed by atoms with Crippen LogP contribution >= 0.6 is 0 Å². The van der Waals surface area contributed by atoms with E-state index in [9.17, 15) is 4.79 Å². The topological polar surface area (TPSA) is 17.1 Å². The summed E-state index contributed by atoms with van der Waals surface area (Å²) in [6, 6.07) is 41.5. The molecule has 0 N–H and O–H groups in total. The Morgan fingerprint density at radius 2 is 1.25 bits per heavy atom. The van der Waals surface area contributed by atoms with Crippen molar-refractivity contribution in [3.8, 4) is 22.3 Å². The van der Waals surface area contributed by atoms with Gasteiger partial charge in [0.2, 0.25) is 0 Å². The fourth-order valence-corrected chi connectivity index (χ4v) is 8.11. The molecule has 0 fully saturated rings. The van der Waals surface area contributed by atoms with Gasteiger partial charge in [0.25, 0.3) is 0 Å². The highest BCUT2D eigenvalue weighted by molar-refractivity contribution is 6.11. The molecule has 0 saturated heterocycles. The number of rotatable bonds is 2. The van der Waals surface area contributed by atoms with Crippen molar-refractivity contribution in [2.45, 2.75) is 24.2 Å². The highest BCUT2D eigenvalue weighted by Gasteiger charge is 2.55. The van der Waals surface area contributed by atoms with Gasteiger partial charge in [0, 0.05) is 17.1 Å². The Morgan fingerprint density at radius 3 is 2.02 bits per heavy atom.